The van der Waals surface area contributed by atoms with E-state index in [1.165, 1.54) is 0 Å². The fourth-order valence-electron chi connectivity index (χ4n) is 2.80. The molecule has 2 rings (SSSR count). The minimum Gasteiger partial charge on any atom is -0.398 e. The number of aryl methyl sites for hydroxylation is 1. The lowest BCUT2D eigenvalue weighted by atomic mass is 10.2. The average Bonchev–Trinajstić information content (AvgIpc) is 2.81. The molecule has 2 N–H and O–H groups in total. The Morgan fingerprint density at radius 1 is 1.43 bits per heavy atom. The molecule has 0 bridgehead atoms. The number of sulfonamides is 1. The fraction of sp³-hybridized carbons (Fsp3) is 0.571. The summed E-state index contributed by atoms with van der Waals surface area (Å²) in [4.78, 5) is 2.34. The summed E-state index contributed by atoms with van der Waals surface area (Å²) in [5, 5.41) is 0. The zero-order valence-corrected chi connectivity index (χ0v) is 15.0. The van der Waals surface area contributed by atoms with Gasteiger partial charge in [0.15, 0.2) is 0 Å². The number of benzene rings is 1. The minimum atomic E-state index is -3.50. The number of rotatable bonds is 4. The van der Waals surface area contributed by atoms with Crippen LogP contribution in [0.2, 0.25) is 0 Å². The molecule has 1 aromatic carbocycles. The van der Waals surface area contributed by atoms with Gasteiger partial charge in [-0.1, -0.05) is 0 Å². The largest absolute Gasteiger partial charge is 0.398 e. The van der Waals surface area contributed by atoms with Crippen molar-refractivity contribution in [3.63, 3.8) is 0 Å². The summed E-state index contributed by atoms with van der Waals surface area (Å²) < 4.78 is 28.2. The molecule has 0 saturated carbocycles. The highest BCUT2D eigenvalue weighted by Crippen LogP contribution is 2.32. The summed E-state index contributed by atoms with van der Waals surface area (Å²) in [7, 11) is 0.431. The number of halogens is 1. The van der Waals surface area contributed by atoms with Crippen LogP contribution in [0.3, 0.4) is 0 Å². The molecule has 1 atom stereocenters. The molecule has 1 saturated heterocycles. The zero-order valence-electron chi connectivity index (χ0n) is 12.6. The molecule has 7 heteroatoms. The van der Waals surface area contributed by atoms with Crippen LogP contribution in [-0.2, 0) is 10.0 Å². The molecule has 0 aliphatic carbocycles. The van der Waals surface area contributed by atoms with Crippen LogP contribution in [0, 0.1) is 6.92 Å². The molecule has 1 aliphatic rings. The van der Waals surface area contributed by atoms with Crippen molar-refractivity contribution in [3.05, 3.63) is 22.2 Å². The number of nitrogens with two attached hydrogens (primary N) is 1. The van der Waals surface area contributed by atoms with Crippen molar-refractivity contribution in [2.75, 3.05) is 32.9 Å². The highest BCUT2D eigenvalue weighted by atomic mass is 79.9. The average molecular weight is 376 g/mol. The van der Waals surface area contributed by atoms with Crippen LogP contribution < -0.4 is 5.73 Å². The molecule has 1 unspecified atom stereocenters. The second-order valence-corrected chi connectivity index (χ2v) is 8.53. The maximum absolute atomic E-state index is 12.9. The van der Waals surface area contributed by atoms with Crippen LogP contribution in [0.15, 0.2) is 21.5 Å². The molecule has 1 aromatic rings. The monoisotopic (exact) mass is 375 g/mol. The molecule has 118 valence electrons. The second kappa shape index (κ2) is 6.24. The number of nitrogen functional groups attached to an aromatic ring is 1. The number of hydrogen-bond donors (Lipinski definition) is 1. The Morgan fingerprint density at radius 3 is 2.71 bits per heavy atom. The van der Waals surface area contributed by atoms with Crippen LogP contribution in [0.25, 0.3) is 0 Å². The molecule has 21 heavy (non-hydrogen) atoms. The summed E-state index contributed by atoms with van der Waals surface area (Å²) in [5.74, 6) is 0. The zero-order chi connectivity index (χ0) is 15.8. The predicted molar refractivity (Wildman–Crippen MR) is 88.8 cm³/mol. The van der Waals surface area contributed by atoms with Gasteiger partial charge in [-0.05, 0) is 67.5 Å². The topological polar surface area (TPSA) is 66.6 Å². The molecule has 0 spiro atoms. The summed E-state index contributed by atoms with van der Waals surface area (Å²) in [6.07, 6.45) is 1.81. The van der Waals surface area contributed by atoms with Crippen molar-refractivity contribution < 1.29 is 8.42 Å². The van der Waals surface area contributed by atoms with Crippen LogP contribution in [-0.4, -0.2) is 50.8 Å². The fourth-order valence-corrected chi connectivity index (χ4v) is 5.19. The maximum atomic E-state index is 12.9. The quantitative estimate of drug-likeness (QED) is 0.817. The van der Waals surface area contributed by atoms with Gasteiger partial charge in [-0.15, -0.1) is 0 Å². The second-order valence-electron chi connectivity index (χ2n) is 5.81. The molecule has 1 aliphatic heterocycles. The number of hydrogen-bond acceptors (Lipinski definition) is 4. The Morgan fingerprint density at radius 2 is 2.10 bits per heavy atom. The summed E-state index contributed by atoms with van der Waals surface area (Å²) in [5.41, 5.74) is 7.02. The molecular weight excluding hydrogens is 354 g/mol. The molecule has 0 radical (unpaired) electrons. The van der Waals surface area contributed by atoms with Crippen LogP contribution in [0.1, 0.15) is 18.4 Å². The van der Waals surface area contributed by atoms with Gasteiger partial charge in [0.25, 0.3) is 0 Å². The first-order chi connectivity index (χ1) is 9.73. The number of nitrogens with zero attached hydrogens (tertiary/aromatic N) is 2. The Balaban J connectivity index is 2.40. The van der Waals surface area contributed by atoms with E-state index in [0.29, 0.717) is 22.7 Å². The van der Waals surface area contributed by atoms with E-state index >= 15 is 0 Å². The highest BCUT2D eigenvalue weighted by Gasteiger charge is 2.36. The first kappa shape index (κ1) is 16.7. The lowest BCUT2D eigenvalue weighted by Crippen LogP contribution is -2.41. The van der Waals surface area contributed by atoms with Crippen LogP contribution in [0.5, 0.6) is 0 Å². The smallest absolute Gasteiger partial charge is 0.243 e. The maximum Gasteiger partial charge on any atom is 0.243 e. The van der Waals surface area contributed by atoms with Crippen molar-refractivity contribution >= 4 is 31.6 Å². The van der Waals surface area contributed by atoms with Gasteiger partial charge in [0.2, 0.25) is 10.0 Å². The van der Waals surface area contributed by atoms with Crippen LogP contribution >= 0.6 is 15.9 Å². The molecule has 0 aromatic heterocycles. The van der Waals surface area contributed by atoms with Crippen molar-refractivity contribution in [2.24, 2.45) is 0 Å². The lowest BCUT2D eigenvalue weighted by molar-refractivity contribution is 0.291. The van der Waals surface area contributed by atoms with Gasteiger partial charge in [-0.25, -0.2) is 8.42 Å². The minimum absolute atomic E-state index is 0.0364. The van der Waals surface area contributed by atoms with Gasteiger partial charge in [0.05, 0.1) is 4.90 Å². The summed E-state index contributed by atoms with van der Waals surface area (Å²) in [6, 6.07) is 3.35. The first-order valence-electron chi connectivity index (χ1n) is 6.95. The third-order valence-corrected chi connectivity index (χ3v) is 6.56. The third kappa shape index (κ3) is 3.41. The van der Waals surface area contributed by atoms with E-state index in [4.69, 9.17) is 5.73 Å². The van der Waals surface area contributed by atoms with E-state index in [1.807, 2.05) is 19.0 Å². The van der Waals surface area contributed by atoms with Gasteiger partial charge in [-0.2, -0.15) is 4.31 Å². The molecular formula is C14H22BrN3O2S. The first-order valence-corrected chi connectivity index (χ1v) is 9.19. The number of likely N-dealkylation sites (N-methyl/N-ethyl adjacent to an activating group) is 1. The van der Waals surface area contributed by atoms with E-state index in [0.717, 1.165) is 23.9 Å². The third-order valence-electron chi connectivity index (χ3n) is 3.78. The standard InChI is InChI=1S/C14H22BrN3O2S/c1-10-7-12(15)13(16)8-14(10)21(19,20)18-6-4-5-11(18)9-17(2)3/h7-8,11H,4-6,9,16H2,1-3H3. The molecule has 1 fully saturated rings. The van der Waals surface area contributed by atoms with Gasteiger partial charge in [0, 0.05) is 29.3 Å². The number of anilines is 1. The molecule has 0 amide bonds. The Hall–Kier alpha value is -0.630. The normalized spacial score (nSPS) is 20.3. The Bertz CT molecular complexity index is 631. The summed E-state index contributed by atoms with van der Waals surface area (Å²) >= 11 is 3.33. The van der Waals surface area contributed by atoms with Gasteiger partial charge in [-0.3, -0.25) is 0 Å². The van der Waals surface area contributed by atoms with Crippen molar-refractivity contribution in [2.45, 2.75) is 30.7 Å². The van der Waals surface area contributed by atoms with Crippen molar-refractivity contribution in [1.82, 2.24) is 9.21 Å². The molecule has 1 heterocycles. The molecule has 5 nitrogen and oxygen atoms in total. The summed E-state index contributed by atoms with van der Waals surface area (Å²) in [6.45, 7) is 3.12. The van der Waals surface area contributed by atoms with E-state index in [9.17, 15) is 8.42 Å². The van der Waals surface area contributed by atoms with Crippen molar-refractivity contribution in [3.8, 4) is 0 Å². The van der Waals surface area contributed by atoms with Gasteiger partial charge < -0.3 is 10.6 Å². The van der Waals surface area contributed by atoms with Crippen LogP contribution in [0.4, 0.5) is 5.69 Å². The highest BCUT2D eigenvalue weighted by molar-refractivity contribution is 9.10. The Labute approximate surface area is 135 Å². The van der Waals surface area contributed by atoms with E-state index in [2.05, 4.69) is 15.9 Å². The SMILES string of the molecule is Cc1cc(Br)c(N)cc1S(=O)(=O)N1CCCC1CN(C)C. The Kier molecular flexibility index (Phi) is 4.97. The van der Waals surface area contributed by atoms with E-state index < -0.39 is 10.0 Å². The van der Waals surface area contributed by atoms with Gasteiger partial charge >= 0.3 is 0 Å². The van der Waals surface area contributed by atoms with E-state index in [1.54, 1.807) is 23.4 Å². The predicted octanol–water partition coefficient (Wildman–Crippen LogP) is 2.05. The lowest BCUT2D eigenvalue weighted by Gasteiger charge is -2.27. The van der Waals surface area contributed by atoms with E-state index in [-0.39, 0.29) is 6.04 Å². The van der Waals surface area contributed by atoms with Gasteiger partial charge in [0.1, 0.15) is 0 Å². The van der Waals surface area contributed by atoms with Crippen molar-refractivity contribution in [1.29, 1.82) is 0 Å².